The molecule has 1 aliphatic carbocycles. The molecule has 0 bridgehead atoms. The Hall–Kier alpha value is -1.68. The van der Waals surface area contributed by atoms with Gasteiger partial charge in [-0.25, -0.2) is 4.98 Å². The van der Waals surface area contributed by atoms with Crippen LogP contribution < -0.4 is 5.56 Å². The minimum Gasteiger partial charge on any atom is -0.393 e. The molecule has 2 aromatic rings. The summed E-state index contributed by atoms with van der Waals surface area (Å²) in [7, 11) is 0. The molecule has 1 heterocycles. The minimum absolute atomic E-state index is 0.0412. The molecule has 0 atom stereocenters. The number of fused-ring (bicyclic) bond motifs is 1. The smallest absolute Gasteiger partial charge is 0.261 e. The summed E-state index contributed by atoms with van der Waals surface area (Å²) in [5, 5.41) is 10.3. The van der Waals surface area contributed by atoms with Gasteiger partial charge in [0.2, 0.25) is 0 Å². The summed E-state index contributed by atoms with van der Waals surface area (Å²) in [4.78, 5) is 17.1. The summed E-state index contributed by atoms with van der Waals surface area (Å²) < 4.78 is 1.75. The van der Waals surface area contributed by atoms with Crippen LogP contribution in [0.25, 0.3) is 10.9 Å². The quantitative estimate of drug-likeness (QED) is 0.867. The number of rotatable bonds is 1. The lowest BCUT2D eigenvalue weighted by Gasteiger charge is -2.27. The van der Waals surface area contributed by atoms with Crippen LogP contribution in [0.3, 0.4) is 0 Å². The van der Waals surface area contributed by atoms with Gasteiger partial charge >= 0.3 is 0 Å². The molecule has 1 aliphatic rings. The summed E-state index contributed by atoms with van der Waals surface area (Å²) in [6, 6.07) is 4.03. The Kier molecular flexibility index (Phi) is 3.34. The topological polar surface area (TPSA) is 55.1 Å². The number of hydrogen-bond donors (Lipinski definition) is 1. The van der Waals surface area contributed by atoms with Gasteiger partial charge in [0.25, 0.3) is 5.56 Å². The van der Waals surface area contributed by atoms with E-state index in [4.69, 9.17) is 0 Å². The van der Waals surface area contributed by atoms with Crippen molar-refractivity contribution in [3.63, 3.8) is 0 Å². The standard InChI is InChI=1S/C16H20N2O2/c1-10-3-8-14-15(11(10)2)17-9-18(16(14)20)12-4-6-13(19)7-5-12/h3,8-9,12-13,19H,4-7H2,1-2H3. The van der Waals surface area contributed by atoms with Crippen molar-refractivity contribution in [2.75, 3.05) is 0 Å². The van der Waals surface area contributed by atoms with Gasteiger partial charge in [-0.3, -0.25) is 9.36 Å². The van der Waals surface area contributed by atoms with Crippen molar-refractivity contribution in [2.24, 2.45) is 0 Å². The van der Waals surface area contributed by atoms with Crippen molar-refractivity contribution in [3.05, 3.63) is 39.9 Å². The number of aryl methyl sites for hydroxylation is 2. The molecule has 1 N–H and O–H groups in total. The summed E-state index contributed by atoms with van der Waals surface area (Å²) >= 11 is 0. The molecular formula is C16H20N2O2. The van der Waals surface area contributed by atoms with E-state index < -0.39 is 0 Å². The minimum atomic E-state index is -0.208. The molecule has 1 fully saturated rings. The largest absolute Gasteiger partial charge is 0.393 e. The Labute approximate surface area is 118 Å². The van der Waals surface area contributed by atoms with Crippen molar-refractivity contribution in [2.45, 2.75) is 51.7 Å². The van der Waals surface area contributed by atoms with Crippen LogP contribution in [0.5, 0.6) is 0 Å². The van der Waals surface area contributed by atoms with E-state index in [0.717, 1.165) is 42.3 Å². The molecular weight excluding hydrogens is 252 g/mol. The van der Waals surface area contributed by atoms with Gasteiger partial charge in [-0.2, -0.15) is 0 Å². The van der Waals surface area contributed by atoms with Crippen molar-refractivity contribution in [3.8, 4) is 0 Å². The maximum atomic E-state index is 12.6. The molecule has 20 heavy (non-hydrogen) atoms. The SMILES string of the molecule is Cc1ccc2c(=O)n(C3CCC(O)CC3)cnc2c1C. The Bertz CT molecular complexity index is 697. The number of aromatic nitrogens is 2. The highest BCUT2D eigenvalue weighted by molar-refractivity contribution is 5.81. The van der Waals surface area contributed by atoms with Crippen molar-refractivity contribution < 1.29 is 5.11 Å². The van der Waals surface area contributed by atoms with Gasteiger partial charge in [0.15, 0.2) is 0 Å². The second kappa shape index (κ2) is 5.02. The van der Waals surface area contributed by atoms with Gasteiger partial charge in [-0.15, -0.1) is 0 Å². The second-order valence-corrected chi connectivity index (χ2v) is 5.82. The van der Waals surface area contributed by atoms with E-state index in [2.05, 4.69) is 4.98 Å². The third-order valence-corrected chi connectivity index (χ3v) is 4.54. The molecule has 0 saturated heterocycles. The molecule has 1 aromatic heterocycles. The maximum Gasteiger partial charge on any atom is 0.261 e. The number of nitrogens with zero attached hydrogens (tertiary/aromatic N) is 2. The highest BCUT2D eigenvalue weighted by atomic mass is 16.3. The highest BCUT2D eigenvalue weighted by Gasteiger charge is 2.22. The van der Waals surface area contributed by atoms with Crippen LogP contribution in [0.4, 0.5) is 0 Å². The third kappa shape index (κ3) is 2.14. The van der Waals surface area contributed by atoms with Crippen LogP contribution in [0.2, 0.25) is 0 Å². The number of aliphatic hydroxyl groups is 1. The van der Waals surface area contributed by atoms with Gasteiger partial charge < -0.3 is 5.11 Å². The monoisotopic (exact) mass is 272 g/mol. The molecule has 0 radical (unpaired) electrons. The molecule has 4 nitrogen and oxygen atoms in total. The number of hydrogen-bond acceptors (Lipinski definition) is 3. The fourth-order valence-electron chi connectivity index (χ4n) is 3.05. The summed E-state index contributed by atoms with van der Waals surface area (Å²) in [5.74, 6) is 0. The molecule has 0 amide bonds. The molecule has 0 unspecified atom stereocenters. The van der Waals surface area contributed by atoms with E-state index in [1.54, 1.807) is 10.9 Å². The first-order valence-corrected chi connectivity index (χ1v) is 7.23. The summed E-state index contributed by atoms with van der Waals surface area (Å²) in [6.07, 6.45) is 4.70. The van der Waals surface area contributed by atoms with Crippen LogP contribution >= 0.6 is 0 Å². The van der Waals surface area contributed by atoms with E-state index in [1.807, 2.05) is 26.0 Å². The summed E-state index contributed by atoms with van der Waals surface area (Å²) in [5.41, 5.74) is 3.08. The van der Waals surface area contributed by atoms with Gasteiger partial charge in [0.1, 0.15) is 0 Å². The number of aliphatic hydroxyl groups excluding tert-OH is 1. The van der Waals surface area contributed by atoms with Crippen LogP contribution in [0, 0.1) is 13.8 Å². The predicted molar refractivity (Wildman–Crippen MR) is 79.0 cm³/mol. The molecule has 106 valence electrons. The average molecular weight is 272 g/mol. The summed E-state index contributed by atoms with van der Waals surface area (Å²) in [6.45, 7) is 4.04. The van der Waals surface area contributed by atoms with Gasteiger partial charge in [-0.05, 0) is 56.7 Å². The van der Waals surface area contributed by atoms with Crippen molar-refractivity contribution >= 4 is 10.9 Å². The highest BCUT2D eigenvalue weighted by Crippen LogP contribution is 2.27. The van der Waals surface area contributed by atoms with E-state index in [1.165, 1.54) is 0 Å². The molecule has 1 aromatic carbocycles. The molecule has 1 saturated carbocycles. The Morgan fingerprint density at radius 2 is 1.90 bits per heavy atom. The fourth-order valence-corrected chi connectivity index (χ4v) is 3.05. The zero-order chi connectivity index (χ0) is 14.3. The van der Waals surface area contributed by atoms with E-state index in [-0.39, 0.29) is 17.7 Å². The first-order chi connectivity index (χ1) is 9.58. The Balaban J connectivity index is 2.08. The van der Waals surface area contributed by atoms with Crippen LogP contribution in [0.15, 0.2) is 23.3 Å². The van der Waals surface area contributed by atoms with Gasteiger partial charge in [0, 0.05) is 6.04 Å². The van der Waals surface area contributed by atoms with E-state index in [0.29, 0.717) is 5.39 Å². The fraction of sp³-hybridized carbons (Fsp3) is 0.500. The van der Waals surface area contributed by atoms with Crippen LogP contribution in [-0.4, -0.2) is 20.8 Å². The predicted octanol–water partition coefficient (Wildman–Crippen LogP) is 2.49. The first kappa shape index (κ1) is 13.3. The maximum absolute atomic E-state index is 12.6. The van der Waals surface area contributed by atoms with Gasteiger partial charge in [0.05, 0.1) is 23.3 Å². The molecule has 4 heteroatoms. The Morgan fingerprint density at radius 3 is 2.60 bits per heavy atom. The number of benzene rings is 1. The lowest BCUT2D eigenvalue weighted by molar-refractivity contribution is 0.110. The Morgan fingerprint density at radius 1 is 1.20 bits per heavy atom. The van der Waals surface area contributed by atoms with Crippen molar-refractivity contribution in [1.29, 1.82) is 0 Å². The first-order valence-electron chi connectivity index (χ1n) is 7.23. The molecule has 0 spiro atoms. The zero-order valence-corrected chi connectivity index (χ0v) is 12.0. The van der Waals surface area contributed by atoms with E-state index >= 15 is 0 Å². The van der Waals surface area contributed by atoms with Crippen molar-refractivity contribution in [1.82, 2.24) is 9.55 Å². The zero-order valence-electron chi connectivity index (χ0n) is 12.0. The molecule has 0 aliphatic heterocycles. The van der Waals surface area contributed by atoms with E-state index in [9.17, 15) is 9.90 Å². The lowest BCUT2D eigenvalue weighted by atomic mass is 9.93. The second-order valence-electron chi connectivity index (χ2n) is 5.82. The average Bonchev–Trinajstić information content (AvgIpc) is 2.45. The third-order valence-electron chi connectivity index (χ3n) is 4.54. The normalized spacial score (nSPS) is 23.1. The van der Waals surface area contributed by atoms with Crippen LogP contribution in [0.1, 0.15) is 42.9 Å². The van der Waals surface area contributed by atoms with Crippen LogP contribution in [-0.2, 0) is 0 Å². The lowest BCUT2D eigenvalue weighted by Crippen LogP contribution is -2.29. The van der Waals surface area contributed by atoms with Gasteiger partial charge in [-0.1, -0.05) is 6.07 Å². The molecule has 3 rings (SSSR count).